The van der Waals surface area contributed by atoms with Gasteiger partial charge in [-0.3, -0.25) is 0 Å². The van der Waals surface area contributed by atoms with Gasteiger partial charge in [-0.25, -0.2) is 0 Å². The van der Waals surface area contributed by atoms with Crippen LogP contribution in [-0.4, -0.2) is 20.8 Å². The maximum atomic E-state index is 5.44. The summed E-state index contributed by atoms with van der Waals surface area (Å²) in [7, 11) is 3.41. The van der Waals surface area contributed by atoms with Gasteiger partial charge in [0.05, 0.1) is 14.2 Å². The summed E-state index contributed by atoms with van der Waals surface area (Å²) in [4.78, 5) is 0. The van der Waals surface area contributed by atoms with Crippen molar-refractivity contribution in [1.29, 1.82) is 0 Å². The molecular formula is C13H19NO2. The van der Waals surface area contributed by atoms with Crippen LogP contribution in [0.3, 0.4) is 0 Å². The zero-order valence-electron chi connectivity index (χ0n) is 10.2. The van der Waals surface area contributed by atoms with E-state index in [1.54, 1.807) is 14.2 Å². The summed E-state index contributed by atoms with van der Waals surface area (Å²) in [5.41, 5.74) is 2.65. The molecule has 1 unspecified atom stereocenters. The smallest absolute Gasteiger partial charge is 0.126 e. The molecule has 3 heteroatoms. The predicted octanol–water partition coefficient (Wildman–Crippen LogP) is 2.30. The summed E-state index contributed by atoms with van der Waals surface area (Å²) in [6, 6.07) is 4.52. The lowest BCUT2D eigenvalue weighted by Gasteiger charge is -2.28. The lowest BCUT2D eigenvalue weighted by Crippen LogP contribution is -2.29. The third-order valence-electron chi connectivity index (χ3n) is 3.22. The van der Waals surface area contributed by atoms with Gasteiger partial charge in [0.15, 0.2) is 0 Å². The number of nitrogens with one attached hydrogen (secondary N) is 1. The fourth-order valence-electron chi connectivity index (χ4n) is 2.36. The van der Waals surface area contributed by atoms with Gasteiger partial charge in [-0.2, -0.15) is 0 Å². The molecule has 0 radical (unpaired) electrons. The summed E-state index contributed by atoms with van der Waals surface area (Å²) in [6.07, 6.45) is 2.11. The fourth-order valence-corrected chi connectivity index (χ4v) is 2.36. The Balaban J connectivity index is 2.50. The van der Waals surface area contributed by atoms with Gasteiger partial charge >= 0.3 is 0 Å². The first-order chi connectivity index (χ1) is 7.80. The molecule has 1 atom stereocenters. The Hall–Kier alpha value is -1.22. The van der Waals surface area contributed by atoms with Gasteiger partial charge in [-0.1, -0.05) is 6.92 Å². The predicted molar refractivity (Wildman–Crippen MR) is 64.3 cm³/mol. The van der Waals surface area contributed by atoms with Gasteiger partial charge in [0.1, 0.15) is 11.5 Å². The highest BCUT2D eigenvalue weighted by molar-refractivity contribution is 5.49. The molecule has 0 aromatic heterocycles. The summed E-state index contributed by atoms with van der Waals surface area (Å²) in [5, 5.41) is 3.52. The number of rotatable bonds is 3. The van der Waals surface area contributed by atoms with Crippen molar-refractivity contribution in [3.05, 3.63) is 23.3 Å². The summed E-state index contributed by atoms with van der Waals surface area (Å²) in [5.74, 6) is 1.83. The molecule has 0 spiro atoms. The monoisotopic (exact) mass is 221 g/mol. The minimum absolute atomic E-state index is 0.424. The van der Waals surface area contributed by atoms with Crippen molar-refractivity contribution in [1.82, 2.24) is 5.32 Å². The first-order valence-corrected chi connectivity index (χ1v) is 5.78. The zero-order valence-corrected chi connectivity index (χ0v) is 10.2. The molecule has 1 aliphatic heterocycles. The second kappa shape index (κ2) is 4.74. The Labute approximate surface area is 96.8 Å². The Kier molecular flexibility index (Phi) is 3.34. The van der Waals surface area contributed by atoms with E-state index < -0.39 is 0 Å². The van der Waals surface area contributed by atoms with Crippen LogP contribution in [0.1, 0.15) is 30.5 Å². The summed E-state index contributed by atoms with van der Waals surface area (Å²) in [6.45, 7) is 3.22. The average molecular weight is 221 g/mol. The van der Waals surface area contributed by atoms with Gasteiger partial charge in [0, 0.05) is 17.7 Å². The van der Waals surface area contributed by atoms with Crippen molar-refractivity contribution >= 4 is 0 Å². The molecule has 16 heavy (non-hydrogen) atoms. The van der Waals surface area contributed by atoms with Gasteiger partial charge in [-0.15, -0.1) is 0 Å². The van der Waals surface area contributed by atoms with Crippen LogP contribution in [0.5, 0.6) is 11.5 Å². The Bertz CT molecular complexity index is 376. The number of methoxy groups -OCH3 is 2. The van der Waals surface area contributed by atoms with Gasteiger partial charge in [0.2, 0.25) is 0 Å². The minimum atomic E-state index is 0.424. The molecule has 1 aromatic carbocycles. The Morgan fingerprint density at radius 2 is 2.12 bits per heavy atom. The molecule has 1 heterocycles. The SMILES string of the molecule is CCC1NCCc2c(OC)cc(OC)cc21. The van der Waals surface area contributed by atoms with Crippen LogP contribution < -0.4 is 14.8 Å². The van der Waals surface area contributed by atoms with Crippen LogP contribution >= 0.6 is 0 Å². The maximum Gasteiger partial charge on any atom is 0.126 e. The molecule has 0 aliphatic carbocycles. The molecule has 1 aliphatic rings. The van der Waals surface area contributed by atoms with E-state index in [0.717, 1.165) is 30.9 Å². The highest BCUT2D eigenvalue weighted by Gasteiger charge is 2.22. The second-order valence-electron chi connectivity index (χ2n) is 4.06. The molecule has 0 amide bonds. The Morgan fingerprint density at radius 3 is 2.75 bits per heavy atom. The van der Waals surface area contributed by atoms with Gasteiger partial charge in [0.25, 0.3) is 0 Å². The molecular weight excluding hydrogens is 202 g/mol. The zero-order chi connectivity index (χ0) is 11.5. The van der Waals surface area contributed by atoms with Crippen molar-refractivity contribution in [2.45, 2.75) is 25.8 Å². The van der Waals surface area contributed by atoms with Crippen LogP contribution in [0.25, 0.3) is 0 Å². The first kappa shape index (κ1) is 11.3. The Morgan fingerprint density at radius 1 is 1.31 bits per heavy atom. The molecule has 1 aromatic rings. The average Bonchev–Trinajstić information content (AvgIpc) is 2.36. The number of hydrogen-bond acceptors (Lipinski definition) is 3. The number of fused-ring (bicyclic) bond motifs is 1. The lowest BCUT2D eigenvalue weighted by atomic mass is 9.92. The largest absolute Gasteiger partial charge is 0.497 e. The van der Waals surface area contributed by atoms with Crippen LogP contribution in [-0.2, 0) is 6.42 Å². The number of hydrogen-bond donors (Lipinski definition) is 1. The van der Waals surface area contributed by atoms with Gasteiger partial charge in [-0.05, 0) is 31.0 Å². The van der Waals surface area contributed by atoms with E-state index in [2.05, 4.69) is 18.3 Å². The van der Waals surface area contributed by atoms with E-state index in [-0.39, 0.29) is 0 Å². The van der Waals surface area contributed by atoms with E-state index in [1.165, 1.54) is 11.1 Å². The molecule has 0 fully saturated rings. The van der Waals surface area contributed by atoms with E-state index in [9.17, 15) is 0 Å². The van der Waals surface area contributed by atoms with Crippen LogP contribution in [0.2, 0.25) is 0 Å². The molecule has 2 rings (SSSR count). The molecule has 1 N–H and O–H groups in total. The van der Waals surface area contributed by atoms with Gasteiger partial charge < -0.3 is 14.8 Å². The highest BCUT2D eigenvalue weighted by atomic mass is 16.5. The van der Waals surface area contributed by atoms with Crippen LogP contribution in [0.4, 0.5) is 0 Å². The molecule has 3 nitrogen and oxygen atoms in total. The molecule has 0 saturated heterocycles. The van der Waals surface area contributed by atoms with E-state index in [0.29, 0.717) is 6.04 Å². The van der Waals surface area contributed by atoms with E-state index in [4.69, 9.17) is 9.47 Å². The molecule has 0 bridgehead atoms. The van der Waals surface area contributed by atoms with E-state index >= 15 is 0 Å². The normalized spacial score (nSPS) is 19.1. The highest BCUT2D eigenvalue weighted by Crippen LogP contribution is 2.35. The molecule has 88 valence electrons. The number of benzene rings is 1. The van der Waals surface area contributed by atoms with Crippen molar-refractivity contribution in [3.8, 4) is 11.5 Å². The van der Waals surface area contributed by atoms with Crippen molar-refractivity contribution in [2.75, 3.05) is 20.8 Å². The minimum Gasteiger partial charge on any atom is -0.497 e. The summed E-state index contributed by atoms with van der Waals surface area (Å²) < 4.78 is 10.7. The number of ether oxygens (including phenoxy) is 2. The van der Waals surface area contributed by atoms with Crippen molar-refractivity contribution in [3.63, 3.8) is 0 Å². The molecule has 0 saturated carbocycles. The fraction of sp³-hybridized carbons (Fsp3) is 0.538. The van der Waals surface area contributed by atoms with Crippen LogP contribution in [0, 0.1) is 0 Å². The van der Waals surface area contributed by atoms with E-state index in [1.807, 2.05) is 6.07 Å². The standard InChI is InChI=1S/C13H19NO2/c1-4-12-11-7-9(15-2)8-13(16-3)10(11)5-6-14-12/h7-8,12,14H,4-6H2,1-3H3. The summed E-state index contributed by atoms with van der Waals surface area (Å²) >= 11 is 0. The quantitative estimate of drug-likeness (QED) is 0.849. The van der Waals surface area contributed by atoms with Crippen molar-refractivity contribution < 1.29 is 9.47 Å². The lowest BCUT2D eigenvalue weighted by molar-refractivity contribution is 0.381. The maximum absolute atomic E-state index is 5.44. The second-order valence-corrected chi connectivity index (χ2v) is 4.06. The van der Waals surface area contributed by atoms with Crippen molar-refractivity contribution in [2.24, 2.45) is 0 Å². The van der Waals surface area contributed by atoms with Crippen LogP contribution in [0.15, 0.2) is 12.1 Å². The third-order valence-corrected chi connectivity index (χ3v) is 3.22. The first-order valence-electron chi connectivity index (χ1n) is 5.78. The topological polar surface area (TPSA) is 30.5 Å². The third kappa shape index (κ3) is 1.87.